The van der Waals surface area contributed by atoms with Crippen molar-refractivity contribution < 1.29 is 0 Å². The summed E-state index contributed by atoms with van der Waals surface area (Å²) >= 11 is 9.36. The molecule has 1 rings (SSSR count). The van der Waals surface area contributed by atoms with Crippen LogP contribution in [0.5, 0.6) is 0 Å². The molecule has 84 valence electrons. The van der Waals surface area contributed by atoms with Crippen molar-refractivity contribution in [2.45, 2.75) is 33.2 Å². The molecule has 0 bridgehead atoms. The van der Waals surface area contributed by atoms with Gasteiger partial charge in [0.2, 0.25) is 0 Å². The lowest BCUT2D eigenvalue weighted by atomic mass is 10.3. The molecule has 0 fully saturated rings. The average molecular weight is 292 g/mol. The maximum atomic E-state index is 5.87. The van der Waals surface area contributed by atoms with Crippen LogP contribution in [0.25, 0.3) is 0 Å². The monoisotopic (exact) mass is 290 g/mol. The molecule has 0 atom stereocenters. The SMILES string of the molecule is CCCN(c1ncc(Cl)cc1Br)C(C)C. The Morgan fingerprint density at radius 1 is 1.53 bits per heavy atom. The highest BCUT2D eigenvalue weighted by Crippen LogP contribution is 2.27. The Morgan fingerprint density at radius 2 is 2.20 bits per heavy atom. The summed E-state index contributed by atoms with van der Waals surface area (Å²) in [4.78, 5) is 6.63. The molecule has 0 aliphatic heterocycles. The van der Waals surface area contributed by atoms with E-state index < -0.39 is 0 Å². The normalized spacial score (nSPS) is 10.8. The van der Waals surface area contributed by atoms with Gasteiger partial charge in [0.15, 0.2) is 0 Å². The second-order valence-electron chi connectivity index (χ2n) is 3.75. The maximum absolute atomic E-state index is 5.87. The van der Waals surface area contributed by atoms with Crippen molar-refractivity contribution in [3.05, 3.63) is 21.8 Å². The van der Waals surface area contributed by atoms with Crippen LogP contribution >= 0.6 is 27.5 Å². The van der Waals surface area contributed by atoms with Crippen molar-refractivity contribution in [2.75, 3.05) is 11.4 Å². The summed E-state index contributed by atoms with van der Waals surface area (Å²) in [7, 11) is 0. The first-order valence-electron chi connectivity index (χ1n) is 5.14. The number of rotatable bonds is 4. The molecule has 2 nitrogen and oxygen atoms in total. The summed E-state index contributed by atoms with van der Waals surface area (Å²) in [6, 6.07) is 2.32. The molecule has 0 saturated carbocycles. The molecule has 0 aliphatic rings. The highest BCUT2D eigenvalue weighted by molar-refractivity contribution is 9.10. The third-order valence-corrected chi connectivity index (χ3v) is 2.94. The zero-order valence-corrected chi connectivity index (χ0v) is 11.6. The van der Waals surface area contributed by atoms with Gasteiger partial charge in [0, 0.05) is 18.8 Å². The number of halogens is 2. The van der Waals surface area contributed by atoms with Crippen LogP contribution in [0.1, 0.15) is 27.2 Å². The molecule has 0 aliphatic carbocycles. The van der Waals surface area contributed by atoms with E-state index in [2.05, 4.69) is 46.6 Å². The molecule has 0 unspecified atom stereocenters. The van der Waals surface area contributed by atoms with Gasteiger partial charge in [-0.2, -0.15) is 0 Å². The van der Waals surface area contributed by atoms with Gasteiger partial charge in [-0.25, -0.2) is 4.98 Å². The summed E-state index contributed by atoms with van der Waals surface area (Å²) in [6.07, 6.45) is 2.79. The van der Waals surface area contributed by atoms with Gasteiger partial charge in [0.25, 0.3) is 0 Å². The highest BCUT2D eigenvalue weighted by atomic mass is 79.9. The minimum absolute atomic E-state index is 0.440. The molecule has 0 spiro atoms. The Kier molecular flexibility index (Phi) is 4.87. The van der Waals surface area contributed by atoms with Crippen LogP contribution in [0.3, 0.4) is 0 Å². The lowest BCUT2D eigenvalue weighted by Gasteiger charge is -2.28. The number of nitrogens with zero attached hydrogens (tertiary/aromatic N) is 2. The average Bonchev–Trinajstić information content (AvgIpc) is 2.15. The molecule has 1 heterocycles. The van der Waals surface area contributed by atoms with E-state index in [0.29, 0.717) is 11.1 Å². The zero-order valence-electron chi connectivity index (χ0n) is 9.30. The summed E-state index contributed by atoms with van der Waals surface area (Å²) in [5, 5.41) is 0.658. The van der Waals surface area contributed by atoms with E-state index in [0.717, 1.165) is 23.3 Å². The van der Waals surface area contributed by atoms with Gasteiger partial charge >= 0.3 is 0 Å². The predicted octanol–water partition coefficient (Wildman–Crippen LogP) is 4.12. The first-order valence-corrected chi connectivity index (χ1v) is 6.31. The van der Waals surface area contributed by atoms with Gasteiger partial charge in [-0.15, -0.1) is 0 Å². The fraction of sp³-hybridized carbons (Fsp3) is 0.545. The van der Waals surface area contributed by atoms with Crippen molar-refractivity contribution in [3.63, 3.8) is 0 Å². The van der Waals surface area contributed by atoms with Crippen molar-refractivity contribution in [2.24, 2.45) is 0 Å². The van der Waals surface area contributed by atoms with E-state index in [1.807, 2.05) is 6.07 Å². The Hall–Kier alpha value is -0.280. The van der Waals surface area contributed by atoms with E-state index in [4.69, 9.17) is 11.6 Å². The van der Waals surface area contributed by atoms with Crippen LogP contribution in [0.2, 0.25) is 5.02 Å². The molecule has 0 radical (unpaired) electrons. The highest BCUT2D eigenvalue weighted by Gasteiger charge is 2.14. The molecule has 0 saturated heterocycles. The molecular weight excluding hydrogens is 275 g/mol. The van der Waals surface area contributed by atoms with Crippen LogP contribution in [0.15, 0.2) is 16.7 Å². The van der Waals surface area contributed by atoms with E-state index >= 15 is 0 Å². The molecule has 1 aromatic rings. The second kappa shape index (κ2) is 5.71. The van der Waals surface area contributed by atoms with Crippen LogP contribution in [0.4, 0.5) is 5.82 Å². The summed E-state index contributed by atoms with van der Waals surface area (Å²) in [5.74, 6) is 0.969. The third kappa shape index (κ3) is 3.35. The van der Waals surface area contributed by atoms with Crippen molar-refractivity contribution in [1.29, 1.82) is 0 Å². The third-order valence-electron chi connectivity index (χ3n) is 2.15. The van der Waals surface area contributed by atoms with Gasteiger partial charge in [-0.1, -0.05) is 18.5 Å². The second-order valence-corrected chi connectivity index (χ2v) is 5.04. The summed E-state index contributed by atoms with van der Waals surface area (Å²) in [5.41, 5.74) is 0. The van der Waals surface area contributed by atoms with Gasteiger partial charge in [-0.3, -0.25) is 0 Å². The Morgan fingerprint density at radius 3 is 2.67 bits per heavy atom. The van der Waals surface area contributed by atoms with Crippen molar-refractivity contribution >= 4 is 33.3 Å². The molecular formula is C11H16BrClN2. The van der Waals surface area contributed by atoms with Crippen molar-refractivity contribution in [1.82, 2.24) is 4.98 Å². The van der Waals surface area contributed by atoms with Crippen molar-refractivity contribution in [3.8, 4) is 0 Å². The molecule has 4 heteroatoms. The van der Waals surface area contributed by atoms with E-state index in [1.54, 1.807) is 6.20 Å². The molecule has 0 amide bonds. The number of anilines is 1. The van der Waals surface area contributed by atoms with Crippen LogP contribution in [-0.2, 0) is 0 Å². The Labute approximate surface area is 105 Å². The minimum atomic E-state index is 0.440. The Balaban J connectivity index is 3.00. The lowest BCUT2D eigenvalue weighted by molar-refractivity contribution is 0.661. The summed E-state index contributed by atoms with van der Waals surface area (Å²) < 4.78 is 0.956. The maximum Gasteiger partial charge on any atom is 0.143 e. The number of hydrogen-bond donors (Lipinski definition) is 0. The van der Waals surface area contributed by atoms with E-state index in [9.17, 15) is 0 Å². The van der Waals surface area contributed by atoms with E-state index in [1.165, 1.54) is 0 Å². The van der Waals surface area contributed by atoms with Gasteiger partial charge < -0.3 is 4.90 Å². The quantitative estimate of drug-likeness (QED) is 0.829. The van der Waals surface area contributed by atoms with Gasteiger partial charge in [0.05, 0.1) is 9.50 Å². The summed E-state index contributed by atoms with van der Waals surface area (Å²) in [6.45, 7) is 7.50. The number of pyridine rings is 1. The lowest BCUT2D eigenvalue weighted by Crippen LogP contribution is -2.32. The molecule has 15 heavy (non-hydrogen) atoms. The van der Waals surface area contributed by atoms with Gasteiger partial charge in [-0.05, 0) is 42.3 Å². The van der Waals surface area contributed by atoms with Crippen LogP contribution in [-0.4, -0.2) is 17.6 Å². The van der Waals surface area contributed by atoms with Crippen LogP contribution in [0, 0.1) is 0 Å². The fourth-order valence-electron chi connectivity index (χ4n) is 1.47. The number of aromatic nitrogens is 1. The standard InChI is InChI=1S/C11H16BrClN2/c1-4-5-15(8(2)3)11-10(12)6-9(13)7-14-11/h6-8H,4-5H2,1-3H3. The smallest absolute Gasteiger partial charge is 0.143 e. The predicted molar refractivity (Wildman–Crippen MR) is 69.7 cm³/mol. The molecule has 0 aromatic carbocycles. The molecule has 1 aromatic heterocycles. The topological polar surface area (TPSA) is 16.1 Å². The Bertz CT molecular complexity index is 328. The first kappa shape index (κ1) is 12.8. The number of hydrogen-bond acceptors (Lipinski definition) is 2. The minimum Gasteiger partial charge on any atom is -0.353 e. The first-order chi connectivity index (χ1) is 7.06. The fourth-order valence-corrected chi connectivity index (χ4v) is 2.33. The molecule has 0 N–H and O–H groups in total. The van der Waals surface area contributed by atoms with Crippen LogP contribution < -0.4 is 4.90 Å². The largest absolute Gasteiger partial charge is 0.353 e. The van der Waals surface area contributed by atoms with E-state index in [-0.39, 0.29) is 0 Å². The van der Waals surface area contributed by atoms with Gasteiger partial charge in [0.1, 0.15) is 5.82 Å². The zero-order chi connectivity index (χ0) is 11.4.